The van der Waals surface area contributed by atoms with Crippen molar-refractivity contribution < 1.29 is 9.59 Å². The Hall–Kier alpha value is -3.51. The lowest BCUT2D eigenvalue weighted by Gasteiger charge is -2.16. The zero-order valence-electron chi connectivity index (χ0n) is 14.0. The Balaban J connectivity index is 1.62. The van der Waals surface area contributed by atoms with Crippen LogP contribution in [-0.2, 0) is 11.2 Å². The largest absolute Gasteiger partial charge is 0.322 e. The highest BCUT2D eigenvalue weighted by Gasteiger charge is 2.13. The van der Waals surface area contributed by atoms with Gasteiger partial charge in [-0.1, -0.05) is 30.3 Å². The summed E-state index contributed by atoms with van der Waals surface area (Å²) in [6, 6.07) is 19.3. The smallest absolute Gasteiger partial charge is 0.255 e. The number of nitrogens with two attached hydrogens (primary N) is 1. The summed E-state index contributed by atoms with van der Waals surface area (Å²) in [6.07, 6.45) is 3.36. The summed E-state index contributed by atoms with van der Waals surface area (Å²) in [4.78, 5) is 28.4. The van der Waals surface area contributed by atoms with Crippen LogP contribution in [0.2, 0.25) is 0 Å². The van der Waals surface area contributed by atoms with E-state index < -0.39 is 0 Å². The summed E-state index contributed by atoms with van der Waals surface area (Å²) < 4.78 is 0. The monoisotopic (exact) mass is 346 g/mol. The van der Waals surface area contributed by atoms with Gasteiger partial charge < -0.3 is 5.32 Å². The number of anilines is 2. The Bertz CT molecular complexity index is 881. The van der Waals surface area contributed by atoms with Crippen LogP contribution in [0.15, 0.2) is 79.1 Å². The molecule has 3 aromatic rings. The maximum atomic E-state index is 12.3. The number of hydrazine groups is 1. The molecular formula is C20H18N4O2. The molecule has 26 heavy (non-hydrogen) atoms. The lowest BCUT2D eigenvalue weighted by atomic mass is 10.1. The standard InChI is InChI=1S/C20H18N4O2/c21-24(18-4-2-1-3-5-18)19(25)14-15-6-8-16(9-7-15)20(26)23-17-10-12-22-13-11-17/h1-13H,14,21H2,(H,22,23,26). The number of aromatic nitrogens is 1. The Morgan fingerprint density at radius 1 is 0.923 bits per heavy atom. The van der Waals surface area contributed by atoms with Crippen LogP contribution in [-0.4, -0.2) is 16.8 Å². The first-order chi connectivity index (χ1) is 12.6. The fraction of sp³-hybridized carbons (Fsp3) is 0.0500. The molecule has 0 aliphatic rings. The highest BCUT2D eigenvalue weighted by atomic mass is 16.2. The molecule has 130 valence electrons. The molecule has 6 heteroatoms. The van der Waals surface area contributed by atoms with E-state index in [0.717, 1.165) is 10.6 Å². The number of rotatable bonds is 5. The predicted molar refractivity (Wildman–Crippen MR) is 100 cm³/mol. The van der Waals surface area contributed by atoms with Crippen LogP contribution < -0.4 is 16.2 Å². The van der Waals surface area contributed by atoms with Crippen molar-refractivity contribution in [2.45, 2.75) is 6.42 Å². The van der Waals surface area contributed by atoms with Gasteiger partial charge in [-0.2, -0.15) is 0 Å². The second kappa shape index (κ2) is 8.04. The van der Waals surface area contributed by atoms with E-state index in [1.54, 1.807) is 60.9 Å². The van der Waals surface area contributed by atoms with Gasteiger partial charge in [-0.05, 0) is 42.0 Å². The van der Waals surface area contributed by atoms with Crippen LogP contribution in [0.5, 0.6) is 0 Å². The van der Waals surface area contributed by atoms with E-state index in [2.05, 4.69) is 10.3 Å². The number of benzene rings is 2. The molecule has 3 rings (SSSR count). The molecular weight excluding hydrogens is 328 g/mol. The Morgan fingerprint density at radius 3 is 2.23 bits per heavy atom. The molecule has 0 aliphatic carbocycles. The van der Waals surface area contributed by atoms with Crippen molar-refractivity contribution in [1.29, 1.82) is 0 Å². The number of pyridine rings is 1. The first kappa shape index (κ1) is 17.3. The molecule has 0 bridgehead atoms. The van der Waals surface area contributed by atoms with Gasteiger partial charge in [0.1, 0.15) is 0 Å². The molecule has 0 aliphatic heterocycles. The maximum absolute atomic E-state index is 12.3. The van der Waals surface area contributed by atoms with E-state index in [9.17, 15) is 9.59 Å². The Morgan fingerprint density at radius 2 is 1.58 bits per heavy atom. The van der Waals surface area contributed by atoms with Crippen molar-refractivity contribution >= 4 is 23.2 Å². The van der Waals surface area contributed by atoms with Gasteiger partial charge >= 0.3 is 0 Å². The van der Waals surface area contributed by atoms with Crippen molar-refractivity contribution in [3.05, 3.63) is 90.3 Å². The fourth-order valence-electron chi connectivity index (χ4n) is 2.40. The summed E-state index contributed by atoms with van der Waals surface area (Å²) in [6.45, 7) is 0. The Kier molecular flexibility index (Phi) is 5.36. The average Bonchev–Trinajstić information content (AvgIpc) is 2.69. The van der Waals surface area contributed by atoms with Gasteiger partial charge in [0.05, 0.1) is 12.1 Å². The van der Waals surface area contributed by atoms with Crippen LogP contribution in [0.3, 0.4) is 0 Å². The number of nitrogens with zero attached hydrogens (tertiary/aromatic N) is 2. The molecule has 1 aromatic heterocycles. The molecule has 2 aromatic carbocycles. The van der Waals surface area contributed by atoms with Gasteiger partial charge in [-0.25, -0.2) is 10.9 Å². The molecule has 0 saturated carbocycles. The van der Waals surface area contributed by atoms with Crippen LogP contribution in [0.1, 0.15) is 15.9 Å². The lowest BCUT2D eigenvalue weighted by molar-refractivity contribution is -0.118. The van der Waals surface area contributed by atoms with Crippen LogP contribution in [0, 0.1) is 0 Å². The zero-order valence-corrected chi connectivity index (χ0v) is 14.0. The molecule has 0 saturated heterocycles. The van der Waals surface area contributed by atoms with Crippen molar-refractivity contribution in [1.82, 2.24) is 4.98 Å². The van der Waals surface area contributed by atoms with Crippen LogP contribution in [0.4, 0.5) is 11.4 Å². The van der Waals surface area contributed by atoms with Gasteiger partial charge in [0.25, 0.3) is 5.91 Å². The topological polar surface area (TPSA) is 88.3 Å². The number of carbonyl (C=O) groups excluding carboxylic acids is 2. The number of carbonyl (C=O) groups is 2. The minimum atomic E-state index is -0.231. The van der Waals surface area contributed by atoms with E-state index in [-0.39, 0.29) is 18.2 Å². The molecule has 0 radical (unpaired) electrons. The van der Waals surface area contributed by atoms with E-state index in [1.165, 1.54) is 0 Å². The summed E-state index contributed by atoms with van der Waals surface area (Å²) >= 11 is 0. The van der Waals surface area contributed by atoms with Crippen LogP contribution >= 0.6 is 0 Å². The minimum absolute atomic E-state index is 0.150. The fourth-order valence-corrected chi connectivity index (χ4v) is 2.40. The van der Waals surface area contributed by atoms with E-state index in [1.807, 2.05) is 18.2 Å². The Labute approximate surface area is 151 Å². The normalized spacial score (nSPS) is 10.2. The molecule has 3 N–H and O–H groups in total. The third kappa shape index (κ3) is 4.31. The molecule has 0 atom stereocenters. The van der Waals surface area contributed by atoms with Gasteiger partial charge in [0.2, 0.25) is 5.91 Å². The molecule has 0 spiro atoms. The lowest BCUT2D eigenvalue weighted by Crippen LogP contribution is -2.38. The second-order valence-corrected chi connectivity index (χ2v) is 5.66. The SMILES string of the molecule is NN(C(=O)Cc1ccc(C(=O)Nc2ccncc2)cc1)c1ccccc1. The first-order valence-corrected chi connectivity index (χ1v) is 8.06. The number of hydrogen-bond acceptors (Lipinski definition) is 4. The molecule has 0 unspecified atom stereocenters. The first-order valence-electron chi connectivity index (χ1n) is 8.06. The van der Waals surface area contributed by atoms with E-state index in [0.29, 0.717) is 16.9 Å². The summed E-state index contributed by atoms with van der Waals surface area (Å²) in [7, 11) is 0. The molecule has 2 amide bonds. The van der Waals surface area contributed by atoms with Gasteiger partial charge in [0, 0.05) is 23.6 Å². The summed E-state index contributed by atoms with van der Waals surface area (Å²) in [5.41, 5.74) is 2.59. The summed E-state index contributed by atoms with van der Waals surface area (Å²) in [5.74, 6) is 5.41. The molecule has 0 fully saturated rings. The predicted octanol–water partition coefficient (Wildman–Crippen LogP) is 2.78. The zero-order chi connectivity index (χ0) is 18.4. The maximum Gasteiger partial charge on any atom is 0.255 e. The third-order valence-corrected chi connectivity index (χ3v) is 3.81. The van der Waals surface area contributed by atoms with Crippen molar-refractivity contribution in [3.8, 4) is 0 Å². The van der Waals surface area contributed by atoms with E-state index >= 15 is 0 Å². The highest BCUT2D eigenvalue weighted by molar-refractivity contribution is 6.04. The number of amides is 2. The number of nitrogens with one attached hydrogen (secondary N) is 1. The second-order valence-electron chi connectivity index (χ2n) is 5.66. The minimum Gasteiger partial charge on any atom is -0.322 e. The van der Waals surface area contributed by atoms with E-state index in [4.69, 9.17) is 5.84 Å². The molecule has 1 heterocycles. The van der Waals surface area contributed by atoms with Gasteiger partial charge in [0.15, 0.2) is 0 Å². The quantitative estimate of drug-likeness (QED) is 0.422. The van der Waals surface area contributed by atoms with Crippen molar-refractivity contribution in [2.24, 2.45) is 5.84 Å². The van der Waals surface area contributed by atoms with Crippen LogP contribution in [0.25, 0.3) is 0 Å². The average molecular weight is 346 g/mol. The number of hydrogen-bond donors (Lipinski definition) is 2. The number of para-hydroxylation sites is 1. The highest BCUT2D eigenvalue weighted by Crippen LogP contribution is 2.13. The van der Waals surface area contributed by atoms with Crippen molar-refractivity contribution in [2.75, 3.05) is 10.3 Å². The van der Waals surface area contributed by atoms with Crippen molar-refractivity contribution in [3.63, 3.8) is 0 Å². The van der Waals surface area contributed by atoms with Gasteiger partial charge in [-0.15, -0.1) is 0 Å². The third-order valence-electron chi connectivity index (χ3n) is 3.81. The summed E-state index contributed by atoms with van der Waals surface area (Å²) in [5, 5.41) is 3.91. The van der Waals surface area contributed by atoms with Gasteiger partial charge in [-0.3, -0.25) is 14.6 Å². The molecule has 6 nitrogen and oxygen atoms in total.